The minimum Gasteiger partial charge on any atom is -0.363 e. The van der Waals surface area contributed by atoms with Crippen molar-refractivity contribution in [2.24, 2.45) is 5.92 Å². The number of sulfonamides is 1. The first kappa shape index (κ1) is 14.6. The van der Waals surface area contributed by atoms with Gasteiger partial charge in [-0.3, -0.25) is 0 Å². The van der Waals surface area contributed by atoms with Crippen LogP contribution in [-0.2, 0) is 16.6 Å². The van der Waals surface area contributed by atoms with E-state index in [1.54, 1.807) is 16.6 Å². The van der Waals surface area contributed by atoms with E-state index in [0.717, 1.165) is 12.1 Å². The number of nitrogens with one attached hydrogen (secondary N) is 2. The first-order valence-corrected chi connectivity index (χ1v) is 8.24. The summed E-state index contributed by atoms with van der Waals surface area (Å²) >= 11 is 0. The zero-order valence-electron chi connectivity index (χ0n) is 11.8. The summed E-state index contributed by atoms with van der Waals surface area (Å²) in [5.41, 5.74) is 0.902. The third kappa shape index (κ3) is 3.38. The van der Waals surface area contributed by atoms with Gasteiger partial charge >= 0.3 is 0 Å². The van der Waals surface area contributed by atoms with Crippen molar-refractivity contribution in [1.82, 2.24) is 14.6 Å². The van der Waals surface area contributed by atoms with Gasteiger partial charge in [0.15, 0.2) is 0 Å². The Labute approximate surface area is 115 Å². The lowest BCUT2D eigenvalue weighted by Gasteiger charge is -2.14. The van der Waals surface area contributed by atoms with E-state index < -0.39 is 10.0 Å². The van der Waals surface area contributed by atoms with E-state index in [2.05, 4.69) is 31.1 Å². The molecule has 0 spiro atoms. The van der Waals surface area contributed by atoms with Crippen molar-refractivity contribution in [1.29, 1.82) is 0 Å². The van der Waals surface area contributed by atoms with Crippen molar-refractivity contribution in [3.05, 3.63) is 18.0 Å². The molecule has 1 aliphatic rings. The molecule has 1 aromatic heterocycles. The van der Waals surface area contributed by atoms with Crippen LogP contribution in [0.5, 0.6) is 0 Å². The molecule has 1 saturated heterocycles. The molecule has 0 radical (unpaired) electrons. The Bertz CT molecular complexity index is 522. The molecular weight excluding hydrogens is 262 g/mol. The van der Waals surface area contributed by atoms with E-state index in [-0.39, 0.29) is 0 Å². The van der Waals surface area contributed by atoms with E-state index in [1.165, 1.54) is 0 Å². The van der Waals surface area contributed by atoms with Crippen LogP contribution in [0.2, 0.25) is 0 Å². The number of hydrogen-bond donors (Lipinski definition) is 2. The fraction of sp³-hybridized carbons (Fsp3) is 0.692. The van der Waals surface area contributed by atoms with Crippen molar-refractivity contribution in [3.8, 4) is 0 Å². The van der Waals surface area contributed by atoms with Crippen molar-refractivity contribution < 1.29 is 8.42 Å². The zero-order valence-corrected chi connectivity index (χ0v) is 12.6. The largest absolute Gasteiger partial charge is 0.363 e. The van der Waals surface area contributed by atoms with E-state index in [4.69, 9.17) is 0 Å². The molecule has 2 rings (SSSR count). The van der Waals surface area contributed by atoms with E-state index >= 15 is 0 Å². The van der Waals surface area contributed by atoms with Gasteiger partial charge in [-0.05, 0) is 18.4 Å². The molecule has 0 aliphatic carbocycles. The second-order valence-electron chi connectivity index (χ2n) is 5.65. The topological polar surface area (TPSA) is 65.2 Å². The fourth-order valence-corrected chi connectivity index (χ4v) is 3.84. The molecule has 2 heterocycles. The van der Waals surface area contributed by atoms with Crippen molar-refractivity contribution >= 4 is 10.0 Å². The maximum absolute atomic E-state index is 12.4. The number of rotatable bonds is 5. The summed E-state index contributed by atoms with van der Waals surface area (Å²) in [6.45, 7) is 8.13. The molecule has 1 aliphatic heterocycles. The molecule has 108 valence electrons. The van der Waals surface area contributed by atoms with E-state index in [1.807, 2.05) is 0 Å². The Morgan fingerprint density at radius 2 is 2.26 bits per heavy atom. The SMILES string of the molecule is CC1CCN(S(=O)(=O)c2c[nH]c(CNC(C)C)c2)C1. The van der Waals surface area contributed by atoms with Crippen LogP contribution < -0.4 is 5.32 Å². The van der Waals surface area contributed by atoms with Gasteiger partial charge < -0.3 is 10.3 Å². The summed E-state index contributed by atoms with van der Waals surface area (Å²) in [5.74, 6) is 0.454. The monoisotopic (exact) mass is 285 g/mol. The van der Waals surface area contributed by atoms with Gasteiger partial charge in [0.2, 0.25) is 10.0 Å². The van der Waals surface area contributed by atoms with Crippen LogP contribution in [-0.4, -0.2) is 36.8 Å². The molecule has 1 unspecified atom stereocenters. The normalized spacial score (nSPS) is 21.4. The lowest BCUT2D eigenvalue weighted by Crippen LogP contribution is -2.28. The van der Waals surface area contributed by atoms with Gasteiger partial charge in [-0.15, -0.1) is 0 Å². The third-order valence-electron chi connectivity index (χ3n) is 3.44. The summed E-state index contributed by atoms with van der Waals surface area (Å²) < 4.78 is 26.4. The molecule has 5 nitrogen and oxygen atoms in total. The van der Waals surface area contributed by atoms with E-state index in [9.17, 15) is 8.42 Å². The molecule has 2 N–H and O–H groups in total. The lowest BCUT2D eigenvalue weighted by molar-refractivity contribution is 0.464. The Hall–Kier alpha value is -0.850. The Kier molecular flexibility index (Phi) is 4.32. The molecule has 0 saturated carbocycles. The minimum atomic E-state index is -3.32. The first-order valence-electron chi connectivity index (χ1n) is 6.80. The van der Waals surface area contributed by atoms with Crippen molar-refractivity contribution in [3.63, 3.8) is 0 Å². The Morgan fingerprint density at radius 3 is 2.84 bits per heavy atom. The van der Waals surface area contributed by atoms with Gasteiger partial charge in [0, 0.05) is 37.6 Å². The highest BCUT2D eigenvalue weighted by Crippen LogP contribution is 2.24. The van der Waals surface area contributed by atoms with Crippen LogP contribution >= 0.6 is 0 Å². The number of nitrogens with zero attached hydrogens (tertiary/aromatic N) is 1. The van der Waals surface area contributed by atoms with Gasteiger partial charge in [0.25, 0.3) is 0 Å². The molecule has 1 fully saturated rings. The van der Waals surface area contributed by atoms with Crippen molar-refractivity contribution in [2.75, 3.05) is 13.1 Å². The van der Waals surface area contributed by atoms with Crippen molar-refractivity contribution in [2.45, 2.75) is 44.7 Å². The van der Waals surface area contributed by atoms with Crippen LogP contribution in [0.15, 0.2) is 17.2 Å². The van der Waals surface area contributed by atoms with Crippen LogP contribution in [0.3, 0.4) is 0 Å². The zero-order chi connectivity index (χ0) is 14.0. The third-order valence-corrected chi connectivity index (χ3v) is 5.28. The Morgan fingerprint density at radius 1 is 1.53 bits per heavy atom. The Balaban J connectivity index is 2.09. The molecule has 0 aromatic carbocycles. The molecule has 6 heteroatoms. The summed E-state index contributed by atoms with van der Waals surface area (Å²) in [6, 6.07) is 2.11. The fourth-order valence-electron chi connectivity index (χ4n) is 2.25. The summed E-state index contributed by atoms with van der Waals surface area (Å²) in [7, 11) is -3.32. The number of aromatic amines is 1. The quantitative estimate of drug-likeness (QED) is 0.862. The van der Waals surface area contributed by atoms with Gasteiger partial charge in [-0.2, -0.15) is 4.31 Å². The molecule has 0 bridgehead atoms. The predicted molar refractivity (Wildman–Crippen MR) is 75.3 cm³/mol. The molecule has 19 heavy (non-hydrogen) atoms. The van der Waals surface area contributed by atoms with Crippen LogP contribution in [0.4, 0.5) is 0 Å². The van der Waals surface area contributed by atoms with E-state index in [0.29, 0.717) is 36.5 Å². The average Bonchev–Trinajstić information content (AvgIpc) is 2.95. The average molecular weight is 285 g/mol. The van der Waals surface area contributed by atoms with Crippen LogP contribution in [0, 0.1) is 5.92 Å². The van der Waals surface area contributed by atoms with Crippen LogP contribution in [0.1, 0.15) is 32.9 Å². The second kappa shape index (κ2) is 5.64. The predicted octanol–water partition coefficient (Wildman–Crippen LogP) is 1.54. The van der Waals surface area contributed by atoms with Gasteiger partial charge in [0.05, 0.1) is 4.90 Å². The van der Waals surface area contributed by atoms with Gasteiger partial charge in [-0.1, -0.05) is 20.8 Å². The smallest absolute Gasteiger partial charge is 0.244 e. The molecule has 0 amide bonds. The molecule has 1 aromatic rings. The minimum absolute atomic E-state index is 0.377. The highest BCUT2D eigenvalue weighted by molar-refractivity contribution is 7.89. The maximum atomic E-state index is 12.4. The highest BCUT2D eigenvalue weighted by atomic mass is 32.2. The van der Waals surface area contributed by atoms with Gasteiger partial charge in [0.1, 0.15) is 0 Å². The summed E-state index contributed by atoms with van der Waals surface area (Å²) in [6.07, 6.45) is 2.54. The van der Waals surface area contributed by atoms with Crippen LogP contribution in [0.25, 0.3) is 0 Å². The maximum Gasteiger partial charge on any atom is 0.244 e. The number of H-pyrrole nitrogens is 1. The molecular formula is C13H23N3O2S. The highest BCUT2D eigenvalue weighted by Gasteiger charge is 2.31. The van der Waals surface area contributed by atoms with Gasteiger partial charge in [-0.25, -0.2) is 8.42 Å². The summed E-state index contributed by atoms with van der Waals surface area (Å²) in [5, 5.41) is 3.26. The standard InChI is InChI=1S/C13H23N3O2S/c1-10(2)14-7-12-6-13(8-15-12)19(17,18)16-5-4-11(3)9-16/h6,8,10-11,14-15H,4-5,7,9H2,1-3H3. The lowest BCUT2D eigenvalue weighted by atomic mass is 10.2. The molecule has 1 atom stereocenters. The number of aromatic nitrogens is 1. The summed E-state index contributed by atoms with van der Waals surface area (Å²) in [4.78, 5) is 3.41. The second-order valence-corrected chi connectivity index (χ2v) is 7.59. The number of hydrogen-bond acceptors (Lipinski definition) is 3. The first-order chi connectivity index (χ1) is 8.89.